The number of hydrogen-bond donors (Lipinski definition) is 2. The summed E-state index contributed by atoms with van der Waals surface area (Å²) >= 11 is 0. The normalized spacial score (nSPS) is 14.8. The zero-order valence-electron chi connectivity index (χ0n) is 13.6. The Morgan fingerprint density at radius 3 is 2.83 bits per heavy atom. The van der Waals surface area contributed by atoms with Crippen LogP contribution in [-0.2, 0) is 0 Å². The van der Waals surface area contributed by atoms with Crippen molar-refractivity contribution in [2.24, 2.45) is 0 Å². The van der Waals surface area contributed by atoms with E-state index in [9.17, 15) is 0 Å². The van der Waals surface area contributed by atoms with Crippen LogP contribution in [0.4, 0.5) is 0 Å². The van der Waals surface area contributed by atoms with Gasteiger partial charge in [-0.15, -0.1) is 0 Å². The number of fused-ring (bicyclic) bond motifs is 1. The smallest absolute Gasteiger partial charge is 0.134 e. The fraction of sp³-hybridized carbons (Fsp3) is 0.200. The van der Waals surface area contributed by atoms with Crippen LogP contribution in [0.2, 0.25) is 0 Å². The molecule has 1 aliphatic heterocycles. The first-order valence-corrected chi connectivity index (χ1v) is 8.18. The van der Waals surface area contributed by atoms with Crippen molar-refractivity contribution in [2.45, 2.75) is 12.8 Å². The average molecular weight is 320 g/mol. The lowest BCUT2D eigenvalue weighted by atomic mass is 10.0. The van der Waals surface area contributed by atoms with Gasteiger partial charge in [-0.2, -0.15) is 0 Å². The molecule has 1 aliphatic rings. The number of hydrogen-bond acceptors (Lipinski definition) is 4. The van der Waals surface area contributed by atoms with E-state index >= 15 is 0 Å². The Hall–Kier alpha value is -2.88. The molecule has 2 heterocycles. The Labute approximate surface area is 141 Å². The number of ether oxygens (including phenoxy) is 1. The van der Waals surface area contributed by atoms with Gasteiger partial charge in [0.1, 0.15) is 11.3 Å². The van der Waals surface area contributed by atoms with Crippen molar-refractivity contribution < 1.29 is 9.15 Å². The zero-order valence-corrected chi connectivity index (χ0v) is 13.6. The lowest BCUT2D eigenvalue weighted by Gasteiger charge is -2.15. The Bertz CT molecular complexity index is 882. The third kappa shape index (κ3) is 2.71. The van der Waals surface area contributed by atoms with Crippen molar-refractivity contribution in [3.63, 3.8) is 0 Å². The van der Waals surface area contributed by atoms with Gasteiger partial charge in [-0.1, -0.05) is 37.3 Å². The van der Waals surface area contributed by atoms with Crippen molar-refractivity contribution in [3.8, 4) is 5.75 Å². The van der Waals surface area contributed by atoms with E-state index < -0.39 is 0 Å². The summed E-state index contributed by atoms with van der Waals surface area (Å²) in [4.78, 5) is 0. The maximum absolute atomic E-state index is 6.13. The maximum atomic E-state index is 6.13. The number of nitrogens with one attached hydrogen (secondary N) is 2. The highest BCUT2D eigenvalue weighted by Gasteiger charge is 2.16. The molecule has 1 atom stereocenters. The summed E-state index contributed by atoms with van der Waals surface area (Å²) in [6, 6.07) is 16.2. The lowest BCUT2D eigenvalue weighted by molar-refractivity contribution is 0.295. The minimum absolute atomic E-state index is 0.241. The van der Waals surface area contributed by atoms with Crippen molar-refractivity contribution in [1.29, 1.82) is 0 Å². The van der Waals surface area contributed by atoms with Crippen LogP contribution in [0.15, 0.2) is 65.4 Å². The van der Waals surface area contributed by atoms with Gasteiger partial charge in [0.15, 0.2) is 0 Å². The topological polar surface area (TPSA) is 46.4 Å². The van der Waals surface area contributed by atoms with E-state index in [1.54, 1.807) is 0 Å². The molecular weight excluding hydrogens is 300 g/mol. The molecule has 122 valence electrons. The van der Waals surface area contributed by atoms with Crippen LogP contribution >= 0.6 is 0 Å². The molecule has 0 saturated heterocycles. The molecule has 0 radical (unpaired) electrons. The number of furan rings is 1. The molecule has 4 nitrogen and oxygen atoms in total. The fourth-order valence-corrected chi connectivity index (χ4v) is 3.02. The summed E-state index contributed by atoms with van der Waals surface area (Å²) in [5, 5.41) is 7.63. The Morgan fingerprint density at radius 2 is 1.96 bits per heavy atom. The molecule has 0 saturated carbocycles. The van der Waals surface area contributed by atoms with Crippen LogP contribution in [0.3, 0.4) is 0 Å². The molecule has 4 rings (SSSR count). The minimum atomic E-state index is 0.241. The molecule has 0 aliphatic carbocycles. The number of rotatable bonds is 5. The van der Waals surface area contributed by atoms with E-state index in [1.165, 1.54) is 5.56 Å². The second-order valence-corrected chi connectivity index (χ2v) is 6.01. The minimum Gasteiger partial charge on any atom is -0.492 e. The largest absolute Gasteiger partial charge is 0.492 e. The summed E-state index contributed by atoms with van der Waals surface area (Å²) in [6.07, 6.45) is 3.82. The molecule has 24 heavy (non-hydrogen) atoms. The average Bonchev–Trinajstić information content (AvgIpc) is 3.29. The van der Waals surface area contributed by atoms with Gasteiger partial charge >= 0.3 is 0 Å². The third-order valence-electron chi connectivity index (χ3n) is 4.34. The van der Waals surface area contributed by atoms with Crippen molar-refractivity contribution in [1.82, 2.24) is 10.6 Å². The second-order valence-electron chi connectivity index (χ2n) is 6.01. The summed E-state index contributed by atoms with van der Waals surface area (Å²) in [5.41, 5.74) is 4.24. The SMILES string of the molecule is CC(COc1ccccc1C1=CNCN1)c1coc2ccccc12. The van der Waals surface area contributed by atoms with Gasteiger partial charge in [-0.25, -0.2) is 0 Å². The molecule has 1 unspecified atom stereocenters. The number of benzene rings is 2. The first kappa shape index (κ1) is 14.7. The van der Waals surface area contributed by atoms with E-state index in [2.05, 4.69) is 29.7 Å². The first-order chi connectivity index (χ1) is 11.8. The monoisotopic (exact) mass is 320 g/mol. The van der Waals surface area contributed by atoms with Gasteiger partial charge in [0, 0.05) is 28.6 Å². The van der Waals surface area contributed by atoms with E-state index in [-0.39, 0.29) is 5.92 Å². The van der Waals surface area contributed by atoms with Crippen LogP contribution in [0, 0.1) is 0 Å². The van der Waals surface area contributed by atoms with E-state index in [0.717, 1.165) is 34.6 Å². The van der Waals surface area contributed by atoms with Gasteiger partial charge in [-0.3, -0.25) is 0 Å². The van der Waals surface area contributed by atoms with Gasteiger partial charge in [0.2, 0.25) is 0 Å². The summed E-state index contributed by atoms with van der Waals surface area (Å²) in [6.45, 7) is 3.51. The summed E-state index contributed by atoms with van der Waals surface area (Å²) in [7, 11) is 0. The standard InChI is InChI=1S/C20H20N2O2/c1-14(17-12-24-19-8-4-2-6-15(17)19)11-23-20-9-5-3-7-16(20)18-10-21-13-22-18/h2-10,12,14,21-22H,11,13H2,1H3. The van der Waals surface area contributed by atoms with E-state index in [1.807, 2.05) is 48.9 Å². The molecule has 1 aromatic heterocycles. The molecule has 2 N–H and O–H groups in total. The molecule has 0 fully saturated rings. The number of para-hydroxylation sites is 2. The fourth-order valence-electron chi connectivity index (χ4n) is 3.02. The highest BCUT2D eigenvalue weighted by atomic mass is 16.5. The molecule has 2 aromatic carbocycles. The summed E-state index contributed by atoms with van der Waals surface area (Å²) < 4.78 is 11.8. The molecule has 0 bridgehead atoms. The zero-order chi connectivity index (χ0) is 16.4. The summed E-state index contributed by atoms with van der Waals surface area (Å²) in [5.74, 6) is 1.13. The van der Waals surface area contributed by atoms with Gasteiger partial charge in [0.25, 0.3) is 0 Å². The Balaban J connectivity index is 1.53. The maximum Gasteiger partial charge on any atom is 0.134 e. The molecule has 0 amide bonds. The van der Waals surface area contributed by atoms with Crippen LogP contribution in [0.5, 0.6) is 5.75 Å². The van der Waals surface area contributed by atoms with E-state index in [4.69, 9.17) is 9.15 Å². The second kappa shape index (κ2) is 6.32. The first-order valence-electron chi connectivity index (χ1n) is 8.18. The van der Waals surface area contributed by atoms with Crippen molar-refractivity contribution >= 4 is 16.7 Å². The predicted octanol–water partition coefficient (Wildman–Crippen LogP) is 4.06. The highest BCUT2D eigenvalue weighted by molar-refractivity contribution is 5.81. The predicted molar refractivity (Wildman–Crippen MR) is 95.7 cm³/mol. The Morgan fingerprint density at radius 1 is 1.12 bits per heavy atom. The quantitative estimate of drug-likeness (QED) is 0.744. The molecule has 3 aromatic rings. The molecule has 0 spiro atoms. The Kier molecular flexibility index (Phi) is 3.87. The van der Waals surface area contributed by atoms with Gasteiger partial charge in [-0.05, 0) is 18.2 Å². The van der Waals surface area contributed by atoms with Crippen LogP contribution in [0.25, 0.3) is 16.7 Å². The van der Waals surface area contributed by atoms with Gasteiger partial charge in [0.05, 0.1) is 25.2 Å². The molecular formula is C20H20N2O2. The van der Waals surface area contributed by atoms with Crippen LogP contribution in [0.1, 0.15) is 24.0 Å². The highest BCUT2D eigenvalue weighted by Crippen LogP contribution is 2.30. The van der Waals surface area contributed by atoms with Crippen molar-refractivity contribution in [3.05, 3.63) is 72.1 Å². The van der Waals surface area contributed by atoms with Gasteiger partial charge < -0.3 is 19.8 Å². The van der Waals surface area contributed by atoms with Crippen LogP contribution in [-0.4, -0.2) is 13.3 Å². The molecule has 4 heteroatoms. The van der Waals surface area contributed by atoms with Crippen molar-refractivity contribution in [2.75, 3.05) is 13.3 Å². The lowest BCUT2D eigenvalue weighted by Crippen LogP contribution is -2.14. The third-order valence-corrected chi connectivity index (χ3v) is 4.34. The van der Waals surface area contributed by atoms with Crippen LogP contribution < -0.4 is 15.4 Å². The van der Waals surface area contributed by atoms with E-state index in [0.29, 0.717) is 6.61 Å².